The van der Waals surface area contributed by atoms with E-state index in [0.29, 0.717) is 46.0 Å². The summed E-state index contributed by atoms with van der Waals surface area (Å²) in [7, 11) is -0.0153. The molecule has 1 aliphatic rings. The van der Waals surface area contributed by atoms with Crippen LogP contribution in [0.2, 0.25) is 23.2 Å². The Morgan fingerprint density at radius 3 is 2.61 bits per heavy atom. The topological polar surface area (TPSA) is 78.0 Å². The maximum atomic E-state index is 14.3. The smallest absolute Gasteiger partial charge is 0.227 e. The number of aryl methyl sites for hydroxylation is 1. The predicted octanol–water partition coefficient (Wildman–Crippen LogP) is 8.78. The normalized spacial score (nSPS) is 17.5. The van der Waals surface area contributed by atoms with Gasteiger partial charge in [-0.1, -0.05) is 50.6 Å². The van der Waals surface area contributed by atoms with Crippen LogP contribution in [0.25, 0.3) is 45.1 Å². The molecule has 7 nitrogen and oxygen atoms in total. The van der Waals surface area contributed by atoms with Gasteiger partial charge in [-0.05, 0) is 90.5 Å². The third-order valence-electron chi connectivity index (χ3n) is 9.13. The van der Waals surface area contributed by atoms with Gasteiger partial charge in [0, 0.05) is 30.8 Å². The molecule has 1 fully saturated rings. The third-order valence-corrected chi connectivity index (χ3v) is 13.9. The molecule has 1 unspecified atom stereocenters. The molecule has 6 rings (SSSR count). The van der Waals surface area contributed by atoms with Gasteiger partial charge < -0.3 is 18.7 Å². The fourth-order valence-electron chi connectivity index (χ4n) is 5.68. The first-order chi connectivity index (χ1) is 20.9. The Bertz CT molecular complexity index is 1810. The van der Waals surface area contributed by atoms with Crippen LogP contribution in [-0.2, 0) is 18.0 Å². The van der Waals surface area contributed by atoms with Crippen molar-refractivity contribution in [1.29, 1.82) is 0 Å². The van der Waals surface area contributed by atoms with Gasteiger partial charge in [-0.2, -0.15) is 0 Å². The third kappa shape index (κ3) is 6.11. The molecule has 2 atom stereocenters. The average Bonchev–Trinajstić information content (AvgIpc) is 3.71. The maximum absolute atomic E-state index is 14.3. The van der Waals surface area contributed by atoms with Crippen LogP contribution in [0.15, 0.2) is 65.3 Å². The molecule has 2 heterocycles. The summed E-state index contributed by atoms with van der Waals surface area (Å²) >= 11 is 6.73. The second-order valence-electron chi connectivity index (χ2n) is 13.3. The Kier molecular flexibility index (Phi) is 8.26. The molecular formula is C34H39ClFN5O2Si. The number of nitrogens with zero attached hydrogens (tertiary/aromatic N) is 4. The fourth-order valence-corrected chi connectivity index (χ4v) is 7.34. The quantitative estimate of drug-likeness (QED) is 0.172. The highest BCUT2D eigenvalue weighted by molar-refractivity contribution is 6.74. The van der Waals surface area contributed by atoms with E-state index in [9.17, 15) is 4.39 Å². The molecule has 0 aliphatic heterocycles. The molecule has 0 saturated heterocycles. The van der Waals surface area contributed by atoms with Gasteiger partial charge in [0.05, 0.1) is 11.1 Å². The Balaban J connectivity index is 1.24. The molecule has 1 saturated carbocycles. The number of fused-ring (bicyclic) bond motifs is 1. The van der Waals surface area contributed by atoms with E-state index < -0.39 is 8.32 Å². The van der Waals surface area contributed by atoms with Crippen LogP contribution in [0.1, 0.15) is 45.6 Å². The van der Waals surface area contributed by atoms with Crippen molar-refractivity contribution in [2.45, 2.75) is 76.9 Å². The summed E-state index contributed by atoms with van der Waals surface area (Å²) < 4.78 is 29.0. The van der Waals surface area contributed by atoms with Gasteiger partial charge >= 0.3 is 0 Å². The van der Waals surface area contributed by atoms with Gasteiger partial charge in [-0.25, -0.2) is 9.37 Å². The molecule has 3 aromatic carbocycles. The molecule has 0 spiro atoms. The Morgan fingerprint density at radius 2 is 1.86 bits per heavy atom. The first-order valence-electron chi connectivity index (χ1n) is 15.1. The summed E-state index contributed by atoms with van der Waals surface area (Å²) in [5.74, 6) is 0.707. The molecule has 0 amide bonds. The number of rotatable bonds is 8. The van der Waals surface area contributed by atoms with Gasteiger partial charge in [0.15, 0.2) is 19.7 Å². The van der Waals surface area contributed by atoms with Crippen molar-refractivity contribution in [3.8, 4) is 34.0 Å². The minimum absolute atomic E-state index is 0.181. The van der Waals surface area contributed by atoms with E-state index in [4.69, 9.17) is 25.4 Å². The average molecular weight is 632 g/mol. The predicted molar refractivity (Wildman–Crippen MR) is 176 cm³/mol. The molecular weight excluding hydrogens is 593 g/mol. The van der Waals surface area contributed by atoms with Crippen LogP contribution in [0.4, 0.5) is 4.39 Å². The standard InChI is InChI=1S/C34H39ClFN5O2Si/c1-34(2,3)44(5,6)43-30-12-8-11-28(30)37-19-21-15-27(35)31-29(16-21)39-33(42-31)23-10-7-9-22(17-23)25-14-13-24(36)18-26(25)32-40-38-20-41(32)4/h7,9-10,13-18,20,28,30,37H,8,11-12,19H2,1-6H3/t28-,30?/m1/s1. The summed E-state index contributed by atoms with van der Waals surface area (Å²) in [6.07, 6.45) is 5.19. The molecule has 10 heteroatoms. The second kappa shape index (κ2) is 11.9. The fraction of sp³-hybridized carbons (Fsp3) is 0.382. The van der Waals surface area contributed by atoms with Crippen LogP contribution in [0, 0.1) is 5.82 Å². The van der Waals surface area contributed by atoms with E-state index in [-0.39, 0.29) is 17.0 Å². The second-order valence-corrected chi connectivity index (χ2v) is 18.5. The minimum Gasteiger partial charge on any atom is -0.435 e. The lowest BCUT2D eigenvalue weighted by molar-refractivity contribution is 0.155. The van der Waals surface area contributed by atoms with E-state index in [1.54, 1.807) is 17.0 Å². The first kappa shape index (κ1) is 30.6. The van der Waals surface area contributed by atoms with E-state index in [2.05, 4.69) is 49.4 Å². The van der Waals surface area contributed by atoms with E-state index >= 15 is 0 Å². The molecule has 1 aliphatic carbocycles. The molecule has 0 radical (unpaired) electrons. The molecule has 1 N–H and O–H groups in total. The lowest BCUT2D eigenvalue weighted by atomic mass is 9.97. The van der Waals surface area contributed by atoms with Crippen LogP contribution < -0.4 is 5.32 Å². The van der Waals surface area contributed by atoms with Crippen molar-refractivity contribution < 1.29 is 13.2 Å². The van der Waals surface area contributed by atoms with Gasteiger partial charge in [-0.15, -0.1) is 10.2 Å². The van der Waals surface area contributed by atoms with Crippen LogP contribution in [0.5, 0.6) is 0 Å². The van der Waals surface area contributed by atoms with E-state index in [0.717, 1.165) is 35.1 Å². The largest absolute Gasteiger partial charge is 0.435 e. The number of hydrogen-bond donors (Lipinski definition) is 1. The van der Waals surface area contributed by atoms with Crippen LogP contribution >= 0.6 is 11.6 Å². The SMILES string of the molecule is Cn1cnnc1-c1cc(F)ccc1-c1cccc(-c2nc3cc(CN[C@@H]4CCCC4O[Si](C)(C)C(C)(C)C)cc(Cl)c3o2)c1. The lowest BCUT2D eigenvalue weighted by Crippen LogP contribution is -2.48. The zero-order valence-electron chi connectivity index (χ0n) is 26.1. The molecule has 2 aromatic heterocycles. The summed E-state index contributed by atoms with van der Waals surface area (Å²) in [6, 6.07) is 16.8. The van der Waals surface area contributed by atoms with Crippen molar-refractivity contribution in [2.24, 2.45) is 7.05 Å². The highest BCUT2D eigenvalue weighted by Crippen LogP contribution is 2.40. The van der Waals surface area contributed by atoms with Gasteiger partial charge in [-0.3, -0.25) is 0 Å². The molecule has 44 heavy (non-hydrogen) atoms. The number of benzene rings is 3. The van der Waals surface area contributed by atoms with Crippen molar-refractivity contribution >= 4 is 31.0 Å². The van der Waals surface area contributed by atoms with Crippen molar-refractivity contribution in [2.75, 3.05) is 0 Å². The number of hydrogen-bond acceptors (Lipinski definition) is 6. The van der Waals surface area contributed by atoms with E-state index in [1.165, 1.54) is 18.6 Å². The summed E-state index contributed by atoms with van der Waals surface area (Å²) in [6.45, 7) is 12.2. The van der Waals surface area contributed by atoms with Crippen LogP contribution in [-0.4, -0.2) is 40.2 Å². The maximum Gasteiger partial charge on any atom is 0.227 e. The number of aromatic nitrogens is 4. The monoisotopic (exact) mass is 631 g/mol. The molecule has 230 valence electrons. The van der Waals surface area contributed by atoms with Gasteiger partial charge in [0.25, 0.3) is 0 Å². The van der Waals surface area contributed by atoms with Crippen molar-refractivity contribution in [3.63, 3.8) is 0 Å². The van der Waals surface area contributed by atoms with Crippen molar-refractivity contribution in [1.82, 2.24) is 25.1 Å². The molecule has 0 bridgehead atoms. The van der Waals surface area contributed by atoms with Gasteiger partial charge in [0.2, 0.25) is 5.89 Å². The van der Waals surface area contributed by atoms with E-state index in [1.807, 2.05) is 43.4 Å². The zero-order valence-corrected chi connectivity index (χ0v) is 27.9. The lowest BCUT2D eigenvalue weighted by Gasteiger charge is -2.40. The van der Waals surface area contributed by atoms with Crippen molar-refractivity contribution in [3.05, 3.63) is 77.3 Å². The summed E-state index contributed by atoms with van der Waals surface area (Å²) in [5.41, 5.74) is 5.46. The summed E-state index contributed by atoms with van der Waals surface area (Å²) in [5, 5.41) is 12.6. The minimum atomic E-state index is -1.85. The number of halogens is 2. The highest BCUT2D eigenvalue weighted by Gasteiger charge is 2.41. The zero-order chi connectivity index (χ0) is 31.2. The number of nitrogens with one attached hydrogen (secondary N) is 1. The van der Waals surface area contributed by atoms with Crippen LogP contribution in [0.3, 0.4) is 0 Å². The van der Waals surface area contributed by atoms with Gasteiger partial charge in [0.1, 0.15) is 17.7 Å². The highest BCUT2D eigenvalue weighted by atomic mass is 35.5. The Labute approximate surface area is 264 Å². The Hall–Kier alpha value is -3.37. The summed E-state index contributed by atoms with van der Waals surface area (Å²) in [4.78, 5) is 4.83. The molecule has 5 aromatic rings. The number of oxazole rings is 1. The first-order valence-corrected chi connectivity index (χ1v) is 18.4. The Morgan fingerprint density at radius 1 is 1.07 bits per heavy atom.